The second-order valence-corrected chi connectivity index (χ2v) is 6.79. The van der Waals surface area contributed by atoms with E-state index in [4.69, 9.17) is 9.47 Å². The van der Waals surface area contributed by atoms with E-state index >= 15 is 0 Å². The molecule has 0 aliphatic carbocycles. The van der Waals surface area contributed by atoms with E-state index in [0.29, 0.717) is 37.8 Å². The van der Waals surface area contributed by atoms with Crippen molar-refractivity contribution in [1.82, 2.24) is 4.98 Å². The number of aromatic hydroxyl groups is 2. The molecule has 4 N–H and O–H groups in total. The third-order valence-electron chi connectivity index (χ3n) is 4.80. The summed E-state index contributed by atoms with van der Waals surface area (Å²) in [5.41, 5.74) is 3.43. The Labute approximate surface area is 168 Å². The van der Waals surface area contributed by atoms with E-state index in [2.05, 4.69) is 30.3 Å². The van der Waals surface area contributed by atoms with Crippen LogP contribution >= 0.6 is 0 Å². The number of anilines is 3. The Kier molecular flexibility index (Phi) is 5.92. The van der Waals surface area contributed by atoms with Crippen molar-refractivity contribution in [3.63, 3.8) is 0 Å². The molecule has 4 rings (SSSR count). The molecule has 1 aromatic carbocycles. The summed E-state index contributed by atoms with van der Waals surface area (Å²) in [6, 6.07) is 6.25. The van der Waals surface area contributed by atoms with Gasteiger partial charge in [0.25, 0.3) is 0 Å². The Balaban J connectivity index is 1.56. The predicted molar refractivity (Wildman–Crippen MR) is 108 cm³/mol. The average Bonchev–Trinajstić information content (AvgIpc) is 2.76. The molecule has 2 aliphatic heterocycles. The highest BCUT2D eigenvalue weighted by Gasteiger charge is 2.24. The molecule has 0 bridgehead atoms. The van der Waals surface area contributed by atoms with Gasteiger partial charge in [0.2, 0.25) is 5.82 Å². The molecule has 3 heterocycles. The number of nitrogens with one attached hydrogen (secondary N) is 2. The number of morpholine rings is 2. The van der Waals surface area contributed by atoms with Crippen LogP contribution in [0.25, 0.3) is 0 Å². The molecule has 0 unspecified atom stereocenters. The van der Waals surface area contributed by atoms with Gasteiger partial charge in [0.05, 0.1) is 64.9 Å². The zero-order valence-corrected chi connectivity index (χ0v) is 16.0. The van der Waals surface area contributed by atoms with Gasteiger partial charge >= 0.3 is 5.95 Å². The van der Waals surface area contributed by atoms with E-state index in [0.717, 1.165) is 37.9 Å². The van der Waals surface area contributed by atoms with Crippen LogP contribution in [0.4, 0.5) is 17.6 Å². The predicted octanol–water partition coefficient (Wildman–Crippen LogP) is 0.426. The van der Waals surface area contributed by atoms with Crippen molar-refractivity contribution in [3.8, 4) is 11.5 Å². The van der Waals surface area contributed by atoms with Crippen molar-refractivity contribution in [2.45, 2.75) is 0 Å². The molecule has 2 fully saturated rings. The fourth-order valence-electron chi connectivity index (χ4n) is 3.22. The van der Waals surface area contributed by atoms with Gasteiger partial charge in [0, 0.05) is 11.6 Å². The number of hydrazone groups is 1. The van der Waals surface area contributed by atoms with Crippen molar-refractivity contribution < 1.29 is 24.7 Å². The number of phenols is 2. The molecule has 2 saturated heterocycles. The molecule has 10 nitrogen and oxygen atoms in total. The fraction of sp³-hybridized carbons (Fsp3) is 0.421. The van der Waals surface area contributed by atoms with Crippen molar-refractivity contribution in [1.29, 1.82) is 0 Å². The molecule has 2 aromatic rings. The zero-order chi connectivity index (χ0) is 20.1. The first-order valence-electron chi connectivity index (χ1n) is 9.60. The lowest BCUT2D eigenvalue weighted by atomic mass is 10.2. The maximum atomic E-state index is 9.88. The summed E-state index contributed by atoms with van der Waals surface area (Å²) in [4.78, 5) is 12.4. The Bertz CT molecular complexity index is 830. The van der Waals surface area contributed by atoms with E-state index in [9.17, 15) is 10.2 Å². The Morgan fingerprint density at radius 2 is 1.69 bits per heavy atom. The first-order chi connectivity index (χ1) is 14.2. The SMILES string of the molecule is Oc1ccc(C=NNc2cc(N3CCOCC3)[nH+]c(N3CCOCC3)n2)c(O)c1. The molecule has 0 atom stereocenters. The molecular weight excluding hydrogens is 376 g/mol. The van der Waals surface area contributed by atoms with Crippen LogP contribution < -0.4 is 20.2 Å². The van der Waals surface area contributed by atoms with Gasteiger partial charge in [0.1, 0.15) is 11.5 Å². The molecule has 2 aliphatic rings. The van der Waals surface area contributed by atoms with Gasteiger partial charge in [-0.1, -0.05) is 4.98 Å². The Morgan fingerprint density at radius 3 is 2.38 bits per heavy atom. The third-order valence-corrected chi connectivity index (χ3v) is 4.80. The molecular formula is C19H25N6O4+. The summed E-state index contributed by atoms with van der Waals surface area (Å²) in [7, 11) is 0. The van der Waals surface area contributed by atoms with Gasteiger partial charge in [-0.15, -0.1) is 0 Å². The molecule has 154 valence electrons. The second-order valence-electron chi connectivity index (χ2n) is 6.79. The number of rotatable bonds is 5. The highest BCUT2D eigenvalue weighted by atomic mass is 16.5. The topological polar surface area (TPSA) is 117 Å². The summed E-state index contributed by atoms with van der Waals surface area (Å²) in [5, 5.41) is 23.5. The lowest BCUT2D eigenvalue weighted by Crippen LogP contribution is -2.43. The minimum atomic E-state index is -0.0482. The number of benzene rings is 1. The van der Waals surface area contributed by atoms with Crippen molar-refractivity contribution in [2.75, 3.05) is 67.8 Å². The average molecular weight is 401 g/mol. The maximum Gasteiger partial charge on any atom is 0.349 e. The number of ether oxygens (including phenoxy) is 2. The van der Waals surface area contributed by atoms with Crippen LogP contribution in [0.1, 0.15) is 5.56 Å². The number of hydrogen-bond donors (Lipinski definition) is 3. The van der Waals surface area contributed by atoms with E-state index in [1.165, 1.54) is 18.3 Å². The standard InChI is InChI=1S/C19H24N6O4/c26-15-2-1-14(16(27)11-15)13-20-23-17-12-18(24-3-7-28-8-4-24)22-19(21-17)25-5-9-29-10-6-25/h1-2,11-13,26-27H,3-10H2,(H,21,22,23)/p+1. The lowest BCUT2D eigenvalue weighted by molar-refractivity contribution is -0.355. The van der Waals surface area contributed by atoms with E-state index in [1.54, 1.807) is 6.07 Å². The maximum absolute atomic E-state index is 9.88. The lowest BCUT2D eigenvalue weighted by Gasteiger charge is -2.27. The van der Waals surface area contributed by atoms with E-state index < -0.39 is 0 Å². The van der Waals surface area contributed by atoms with Gasteiger partial charge in [0.15, 0.2) is 5.82 Å². The number of aromatic nitrogens is 2. The third kappa shape index (κ3) is 4.84. The van der Waals surface area contributed by atoms with Gasteiger partial charge in [-0.25, -0.2) is 4.98 Å². The van der Waals surface area contributed by atoms with Crippen LogP contribution in [-0.4, -0.2) is 74.0 Å². The van der Waals surface area contributed by atoms with E-state index in [-0.39, 0.29) is 11.5 Å². The minimum Gasteiger partial charge on any atom is -0.508 e. The molecule has 0 radical (unpaired) electrons. The highest BCUT2D eigenvalue weighted by Crippen LogP contribution is 2.21. The van der Waals surface area contributed by atoms with Crippen LogP contribution in [0.15, 0.2) is 29.4 Å². The largest absolute Gasteiger partial charge is 0.508 e. The van der Waals surface area contributed by atoms with Gasteiger partial charge in [-0.3, -0.25) is 10.3 Å². The summed E-state index contributed by atoms with van der Waals surface area (Å²) < 4.78 is 10.9. The molecule has 0 saturated carbocycles. The molecule has 29 heavy (non-hydrogen) atoms. The number of H-pyrrole nitrogens is 1. The van der Waals surface area contributed by atoms with Crippen LogP contribution in [0.2, 0.25) is 0 Å². The Hall–Kier alpha value is -3.11. The first kappa shape index (κ1) is 19.2. The monoisotopic (exact) mass is 401 g/mol. The summed E-state index contributed by atoms with van der Waals surface area (Å²) in [5.74, 6) is 2.23. The van der Waals surface area contributed by atoms with Crippen LogP contribution in [0, 0.1) is 0 Å². The Morgan fingerprint density at radius 1 is 1.00 bits per heavy atom. The van der Waals surface area contributed by atoms with Crippen molar-refractivity contribution >= 4 is 23.8 Å². The number of hydrogen-bond acceptors (Lipinski definition) is 9. The summed E-state index contributed by atoms with van der Waals surface area (Å²) >= 11 is 0. The zero-order valence-electron chi connectivity index (χ0n) is 16.0. The highest BCUT2D eigenvalue weighted by molar-refractivity contribution is 5.84. The molecule has 10 heteroatoms. The van der Waals surface area contributed by atoms with Gasteiger partial charge in [-0.05, 0) is 12.1 Å². The first-order valence-corrected chi connectivity index (χ1v) is 9.60. The van der Waals surface area contributed by atoms with E-state index in [1.807, 2.05) is 6.07 Å². The second kappa shape index (κ2) is 8.93. The van der Waals surface area contributed by atoms with Gasteiger partial charge in [-0.2, -0.15) is 5.10 Å². The van der Waals surface area contributed by atoms with Gasteiger partial charge < -0.3 is 24.6 Å². The molecule has 0 spiro atoms. The number of phenolic OH excluding ortho intramolecular Hbond substituents is 2. The van der Waals surface area contributed by atoms with Crippen molar-refractivity contribution in [2.24, 2.45) is 5.10 Å². The minimum absolute atomic E-state index is 0.00169. The number of nitrogens with zero attached hydrogens (tertiary/aromatic N) is 4. The van der Waals surface area contributed by atoms with Crippen LogP contribution in [0.5, 0.6) is 11.5 Å². The normalized spacial score (nSPS) is 17.7. The summed E-state index contributed by atoms with van der Waals surface area (Å²) in [6.07, 6.45) is 1.48. The number of aromatic amines is 1. The van der Waals surface area contributed by atoms with Crippen LogP contribution in [0.3, 0.4) is 0 Å². The van der Waals surface area contributed by atoms with Crippen LogP contribution in [-0.2, 0) is 9.47 Å². The quantitative estimate of drug-likeness (QED) is 0.488. The fourth-order valence-corrected chi connectivity index (χ4v) is 3.22. The molecule has 1 aromatic heterocycles. The summed E-state index contributed by atoms with van der Waals surface area (Å²) in [6.45, 7) is 5.82. The smallest absolute Gasteiger partial charge is 0.349 e. The van der Waals surface area contributed by atoms with Crippen molar-refractivity contribution in [3.05, 3.63) is 29.8 Å². The molecule has 0 amide bonds.